The molecule has 2 amide bonds. The zero-order valence-electron chi connectivity index (χ0n) is 19.3. The Hall–Kier alpha value is -3.87. The van der Waals surface area contributed by atoms with Gasteiger partial charge in [-0.25, -0.2) is 0 Å². The van der Waals surface area contributed by atoms with Crippen LogP contribution in [0, 0.1) is 0 Å². The van der Waals surface area contributed by atoms with Gasteiger partial charge in [0.15, 0.2) is 0 Å². The molecule has 0 bridgehead atoms. The zero-order valence-corrected chi connectivity index (χ0v) is 19.3. The van der Waals surface area contributed by atoms with E-state index in [1.54, 1.807) is 43.5 Å². The lowest BCUT2D eigenvalue weighted by Crippen LogP contribution is -2.38. The van der Waals surface area contributed by atoms with Crippen molar-refractivity contribution >= 4 is 17.5 Å². The number of ether oxygens (including phenoxy) is 1. The van der Waals surface area contributed by atoms with E-state index in [0.29, 0.717) is 22.7 Å². The third-order valence-corrected chi connectivity index (χ3v) is 5.21. The summed E-state index contributed by atoms with van der Waals surface area (Å²) in [7, 11) is 1.56. The highest BCUT2D eigenvalue weighted by atomic mass is 16.5. The van der Waals surface area contributed by atoms with E-state index >= 15 is 0 Å². The number of nitrogens with one attached hydrogen (secondary N) is 3. The minimum Gasteiger partial charge on any atom is -0.497 e. The molecule has 172 valence electrons. The summed E-state index contributed by atoms with van der Waals surface area (Å²) in [5.74, 6) is -0.127. The van der Waals surface area contributed by atoms with Crippen LogP contribution in [0.4, 0.5) is 5.69 Å². The molecule has 7 nitrogen and oxygen atoms in total. The van der Waals surface area contributed by atoms with Gasteiger partial charge in [0.2, 0.25) is 11.5 Å². The molecule has 1 aromatic heterocycles. The molecule has 1 heterocycles. The summed E-state index contributed by atoms with van der Waals surface area (Å²) in [4.78, 5) is 40.0. The first kappa shape index (κ1) is 23.8. The van der Waals surface area contributed by atoms with Crippen molar-refractivity contribution in [3.63, 3.8) is 0 Å². The number of hydrogen-bond acceptors (Lipinski definition) is 4. The average Bonchev–Trinajstić information content (AvgIpc) is 2.77. The van der Waals surface area contributed by atoms with E-state index in [0.717, 1.165) is 5.56 Å². The minimum absolute atomic E-state index is 0.000550. The maximum absolute atomic E-state index is 13.2. The van der Waals surface area contributed by atoms with E-state index in [-0.39, 0.29) is 23.3 Å². The normalized spacial score (nSPS) is 12.0. The van der Waals surface area contributed by atoms with Crippen molar-refractivity contribution in [1.82, 2.24) is 10.3 Å². The molecule has 1 unspecified atom stereocenters. The second-order valence-electron chi connectivity index (χ2n) is 8.81. The van der Waals surface area contributed by atoms with Gasteiger partial charge in [-0.05, 0) is 46.9 Å². The largest absolute Gasteiger partial charge is 0.497 e. The predicted molar refractivity (Wildman–Crippen MR) is 128 cm³/mol. The van der Waals surface area contributed by atoms with Crippen molar-refractivity contribution in [2.24, 2.45) is 0 Å². The number of hydrogen-bond donors (Lipinski definition) is 3. The lowest BCUT2D eigenvalue weighted by Gasteiger charge is -2.21. The molecule has 0 fully saturated rings. The molecule has 0 saturated heterocycles. The summed E-state index contributed by atoms with van der Waals surface area (Å²) in [6.07, 6.45) is -0.0592. The summed E-state index contributed by atoms with van der Waals surface area (Å²) in [5, 5.41) is 5.66. The number of amides is 2. The van der Waals surface area contributed by atoms with Gasteiger partial charge in [-0.1, -0.05) is 51.1 Å². The van der Waals surface area contributed by atoms with Gasteiger partial charge in [0.25, 0.3) is 5.91 Å². The minimum atomic E-state index is -0.930. The molecule has 1 atom stereocenters. The lowest BCUT2D eigenvalue weighted by molar-refractivity contribution is -0.126. The number of aromatic amines is 1. The van der Waals surface area contributed by atoms with Crippen LogP contribution in [0.5, 0.6) is 5.75 Å². The fourth-order valence-electron chi connectivity index (χ4n) is 3.35. The van der Waals surface area contributed by atoms with Crippen LogP contribution in [0.2, 0.25) is 0 Å². The summed E-state index contributed by atoms with van der Waals surface area (Å²) in [6, 6.07) is 18.2. The maximum Gasteiger partial charge on any atom is 0.251 e. The Morgan fingerprint density at radius 3 is 2.21 bits per heavy atom. The van der Waals surface area contributed by atoms with E-state index in [1.807, 2.05) is 24.3 Å². The molecule has 0 radical (unpaired) electrons. The Bertz CT molecular complexity index is 1160. The molecule has 0 aliphatic heterocycles. The molecule has 2 aromatic carbocycles. The van der Waals surface area contributed by atoms with E-state index in [4.69, 9.17) is 4.74 Å². The number of carbonyl (C=O) groups is 2. The molecule has 33 heavy (non-hydrogen) atoms. The van der Waals surface area contributed by atoms with Gasteiger partial charge in [-0.15, -0.1) is 0 Å². The van der Waals surface area contributed by atoms with Crippen LogP contribution in [0.1, 0.15) is 43.6 Å². The molecule has 0 aliphatic rings. The van der Waals surface area contributed by atoms with Gasteiger partial charge >= 0.3 is 0 Å². The Balaban J connectivity index is 1.80. The van der Waals surface area contributed by atoms with Crippen molar-refractivity contribution in [1.29, 1.82) is 0 Å². The third-order valence-electron chi connectivity index (χ3n) is 5.21. The van der Waals surface area contributed by atoms with Crippen LogP contribution in [0.15, 0.2) is 71.5 Å². The smallest absolute Gasteiger partial charge is 0.251 e. The van der Waals surface area contributed by atoms with Crippen LogP contribution in [0.25, 0.3) is 0 Å². The number of rotatable bonds is 7. The summed E-state index contributed by atoms with van der Waals surface area (Å²) in [5.41, 5.74) is 2.57. The number of methoxy groups -OCH3 is 1. The van der Waals surface area contributed by atoms with Crippen LogP contribution in [-0.2, 0) is 21.4 Å². The second kappa shape index (κ2) is 10.2. The molecular formula is C26H29N3O4. The summed E-state index contributed by atoms with van der Waals surface area (Å²) >= 11 is 0. The summed E-state index contributed by atoms with van der Waals surface area (Å²) < 4.78 is 5.19. The SMILES string of the molecule is COc1ccc(C(NC(=O)Cc2cccc(=O)[nH]2)C(=O)Nc2ccc(C(C)(C)C)cc2)cc1. The van der Waals surface area contributed by atoms with Gasteiger partial charge in [0.05, 0.1) is 13.5 Å². The Morgan fingerprint density at radius 1 is 0.970 bits per heavy atom. The van der Waals surface area contributed by atoms with E-state index in [1.165, 1.54) is 6.07 Å². The first-order chi connectivity index (χ1) is 15.7. The van der Waals surface area contributed by atoms with Crippen molar-refractivity contribution in [3.05, 3.63) is 93.9 Å². The van der Waals surface area contributed by atoms with Crippen molar-refractivity contribution in [2.75, 3.05) is 12.4 Å². The van der Waals surface area contributed by atoms with Crippen LogP contribution in [-0.4, -0.2) is 23.9 Å². The van der Waals surface area contributed by atoms with E-state index < -0.39 is 11.9 Å². The van der Waals surface area contributed by atoms with Gasteiger partial charge in [-0.3, -0.25) is 14.4 Å². The first-order valence-corrected chi connectivity index (χ1v) is 10.7. The fraction of sp³-hybridized carbons (Fsp3) is 0.269. The highest BCUT2D eigenvalue weighted by Gasteiger charge is 2.24. The van der Waals surface area contributed by atoms with Gasteiger partial charge in [0.1, 0.15) is 11.8 Å². The molecule has 3 aromatic rings. The number of H-pyrrole nitrogens is 1. The highest BCUT2D eigenvalue weighted by Crippen LogP contribution is 2.24. The van der Waals surface area contributed by atoms with Gasteiger partial charge in [0, 0.05) is 17.4 Å². The predicted octanol–water partition coefficient (Wildman–Crippen LogP) is 3.72. The summed E-state index contributed by atoms with van der Waals surface area (Å²) in [6.45, 7) is 6.36. The Morgan fingerprint density at radius 2 is 1.64 bits per heavy atom. The standard InChI is InChI=1S/C26H29N3O4/c1-26(2,3)18-10-12-19(13-11-18)28-25(32)24(17-8-14-21(33-4)15-9-17)29-23(31)16-20-6-5-7-22(30)27-20/h5-15,24H,16H2,1-4H3,(H,27,30)(H,28,32)(H,29,31). The van der Waals surface area contributed by atoms with E-state index in [2.05, 4.69) is 36.4 Å². The molecule has 0 aliphatic carbocycles. The number of aromatic nitrogens is 1. The van der Waals surface area contributed by atoms with Crippen LogP contribution < -0.4 is 20.9 Å². The average molecular weight is 448 g/mol. The van der Waals surface area contributed by atoms with Crippen molar-refractivity contribution in [3.8, 4) is 5.75 Å². The maximum atomic E-state index is 13.2. The third kappa shape index (κ3) is 6.55. The monoisotopic (exact) mass is 447 g/mol. The number of pyridine rings is 1. The Kier molecular flexibility index (Phi) is 7.33. The van der Waals surface area contributed by atoms with Gasteiger partial charge in [-0.2, -0.15) is 0 Å². The molecule has 0 spiro atoms. The number of anilines is 1. The Labute approximate surface area is 193 Å². The zero-order chi connectivity index (χ0) is 24.0. The quantitative estimate of drug-likeness (QED) is 0.514. The topological polar surface area (TPSA) is 100 Å². The van der Waals surface area contributed by atoms with Crippen molar-refractivity contribution in [2.45, 2.75) is 38.6 Å². The molecule has 7 heteroatoms. The van der Waals surface area contributed by atoms with Crippen LogP contribution in [0.3, 0.4) is 0 Å². The first-order valence-electron chi connectivity index (χ1n) is 10.7. The lowest BCUT2D eigenvalue weighted by atomic mass is 9.87. The van der Waals surface area contributed by atoms with Gasteiger partial charge < -0.3 is 20.4 Å². The molecule has 0 saturated carbocycles. The molecular weight excluding hydrogens is 418 g/mol. The van der Waals surface area contributed by atoms with E-state index in [9.17, 15) is 14.4 Å². The molecule has 3 N–H and O–H groups in total. The fourth-order valence-corrected chi connectivity index (χ4v) is 3.35. The van der Waals surface area contributed by atoms with Crippen molar-refractivity contribution < 1.29 is 14.3 Å². The number of carbonyl (C=O) groups excluding carboxylic acids is 2. The molecule has 3 rings (SSSR count). The highest BCUT2D eigenvalue weighted by molar-refractivity contribution is 5.98. The second-order valence-corrected chi connectivity index (χ2v) is 8.81. The number of benzene rings is 2. The van der Waals surface area contributed by atoms with Crippen LogP contribution >= 0.6 is 0 Å².